The van der Waals surface area contributed by atoms with Crippen LogP contribution in [0.5, 0.6) is 0 Å². The zero-order valence-corrected chi connectivity index (χ0v) is 13.5. The summed E-state index contributed by atoms with van der Waals surface area (Å²) in [7, 11) is 1.45. The van der Waals surface area contributed by atoms with Crippen molar-refractivity contribution in [3.05, 3.63) is 34.9 Å². The van der Waals surface area contributed by atoms with E-state index in [1.807, 2.05) is 0 Å². The molecule has 23 heavy (non-hydrogen) atoms. The number of benzene rings is 1. The Morgan fingerprint density at radius 2 is 2.17 bits per heavy atom. The van der Waals surface area contributed by atoms with E-state index in [-0.39, 0.29) is 18.0 Å². The second-order valence-electron chi connectivity index (χ2n) is 6.35. The van der Waals surface area contributed by atoms with Crippen molar-refractivity contribution in [2.24, 2.45) is 5.92 Å². The first-order valence-electron chi connectivity index (χ1n) is 8.27. The zero-order valence-electron chi connectivity index (χ0n) is 13.5. The van der Waals surface area contributed by atoms with Crippen LogP contribution in [0, 0.1) is 5.92 Å². The van der Waals surface area contributed by atoms with Crippen LogP contribution in [-0.2, 0) is 27.1 Å². The van der Waals surface area contributed by atoms with Crippen molar-refractivity contribution in [3.8, 4) is 0 Å². The van der Waals surface area contributed by atoms with E-state index in [0.29, 0.717) is 19.1 Å². The van der Waals surface area contributed by atoms with E-state index in [1.165, 1.54) is 23.8 Å². The fourth-order valence-electron chi connectivity index (χ4n) is 3.54. The van der Waals surface area contributed by atoms with Crippen LogP contribution in [0.2, 0.25) is 0 Å². The van der Waals surface area contributed by atoms with Crippen LogP contribution in [0.4, 0.5) is 4.79 Å². The van der Waals surface area contributed by atoms with E-state index in [4.69, 9.17) is 9.47 Å². The van der Waals surface area contributed by atoms with Crippen molar-refractivity contribution >= 4 is 12.1 Å². The molecule has 0 saturated carbocycles. The van der Waals surface area contributed by atoms with Gasteiger partial charge in [-0.15, -0.1) is 0 Å². The molecule has 0 spiro atoms. The molecule has 1 aromatic rings. The SMILES string of the molecule is COC(=O)C1CCc2cc([C@H]3CCCOC(=O)NC3)ccc2C1. The maximum absolute atomic E-state index is 11.7. The number of fused-ring (bicyclic) bond motifs is 1. The van der Waals surface area contributed by atoms with Crippen LogP contribution < -0.4 is 5.32 Å². The van der Waals surface area contributed by atoms with Gasteiger partial charge in [0.05, 0.1) is 19.6 Å². The second kappa shape index (κ2) is 7.02. The summed E-state index contributed by atoms with van der Waals surface area (Å²) in [6.07, 6.45) is 4.08. The molecule has 1 aliphatic carbocycles. The lowest BCUT2D eigenvalue weighted by Gasteiger charge is -2.26. The fourth-order valence-corrected chi connectivity index (χ4v) is 3.54. The average molecular weight is 317 g/mol. The first-order valence-corrected chi connectivity index (χ1v) is 8.27. The van der Waals surface area contributed by atoms with Crippen molar-refractivity contribution in [1.29, 1.82) is 0 Å². The normalized spacial score (nSPS) is 24.5. The van der Waals surface area contributed by atoms with Crippen molar-refractivity contribution < 1.29 is 19.1 Å². The highest BCUT2D eigenvalue weighted by molar-refractivity contribution is 5.73. The van der Waals surface area contributed by atoms with Gasteiger partial charge >= 0.3 is 12.1 Å². The molecule has 1 heterocycles. The molecule has 0 radical (unpaired) electrons. The number of alkyl carbamates (subject to hydrolysis) is 1. The Morgan fingerprint density at radius 1 is 1.30 bits per heavy atom. The molecule has 3 rings (SSSR count). The van der Waals surface area contributed by atoms with E-state index >= 15 is 0 Å². The quantitative estimate of drug-likeness (QED) is 0.852. The second-order valence-corrected chi connectivity index (χ2v) is 6.35. The van der Waals surface area contributed by atoms with Gasteiger partial charge in [-0.05, 0) is 48.8 Å². The third-order valence-electron chi connectivity index (χ3n) is 4.89. The maximum Gasteiger partial charge on any atom is 0.407 e. The Kier molecular flexibility index (Phi) is 4.84. The van der Waals surface area contributed by atoms with E-state index < -0.39 is 0 Å². The van der Waals surface area contributed by atoms with Gasteiger partial charge in [0.25, 0.3) is 0 Å². The lowest BCUT2D eigenvalue weighted by molar-refractivity contribution is -0.145. The topological polar surface area (TPSA) is 64.6 Å². The minimum atomic E-state index is -0.325. The molecule has 5 heteroatoms. The minimum Gasteiger partial charge on any atom is -0.469 e. The van der Waals surface area contributed by atoms with Gasteiger partial charge < -0.3 is 14.8 Å². The van der Waals surface area contributed by atoms with Gasteiger partial charge in [-0.1, -0.05) is 18.2 Å². The molecular weight excluding hydrogens is 294 g/mol. The summed E-state index contributed by atoms with van der Waals surface area (Å²) in [6.45, 7) is 1.09. The molecule has 1 N–H and O–H groups in total. The van der Waals surface area contributed by atoms with Crippen LogP contribution in [-0.4, -0.2) is 32.3 Å². The lowest BCUT2D eigenvalue weighted by Crippen LogP contribution is -2.31. The average Bonchev–Trinajstić information content (AvgIpc) is 2.57. The minimum absolute atomic E-state index is 0.0174. The van der Waals surface area contributed by atoms with E-state index in [2.05, 4.69) is 23.5 Å². The number of cyclic esters (lactones) is 1. The van der Waals surface area contributed by atoms with Crippen molar-refractivity contribution in [2.45, 2.75) is 38.0 Å². The number of aryl methyl sites for hydroxylation is 1. The number of methoxy groups -OCH3 is 1. The zero-order chi connectivity index (χ0) is 16.2. The molecule has 1 fully saturated rings. The van der Waals surface area contributed by atoms with Crippen LogP contribution >= 0.6 is 0 Å². The van der Waals surface area contributed by atoms with E-state index in [9.17, 15) is 9.59 Å². The first-order chi connectivity index (χ1) is 11.2. The Bertz CT molecular complexity index is 599. The van der Waals surface area contributed by atoms with Crippen LogP contribution in [0.1, 0.15) is 41.9 Å². The highest BCUT2D eigenvalue weighted by atomic mass is 16.5. The number of carbonyl (C=O) groups is 2. The summed E-state index contributed by atoms with van der Waals surface area (Å²) in [5.74, 6) is 0.199. The molecule has 0 aromatic heterocycles. The third-order valence-corrected chi connectivity index (χ3v) is 4.89. The molecule has 1 aliphatic heterocycles. The highest BCUT2D eigenvalue weighted by Crippen LogP contribution is 2.30. The third kappa shape index (κ3) is 3.66. The number of rotatable bonds is 2. The summed E-state index contributed by atoms with van der Waals surface area (Å²) in [4.78, 5) is 23.1. The number of nitrogens with one attached hydrogen (secondary N) is 1. The van der Waals surface area contributed by atoms with Gasteiger partial charge in [0.2, 0.25) is 0 Å². The van der Waals surface area contributed by atoms with Crippen LogP contribution in [0.3, 0.4) is 0 Å². The summed E-state index contributed by atoms with van der Waals surface area (Å²) < 4.78 is 9.88. The van der Waals surface area contributed by atoms with Crippen molar-refractivity contribution in [1.82, 2.24) is 5.32 Å². The van der Waals surface area contributed by atoms with Gasteiger partial charge in [0.1, 0.15) is 0 Å². The van der Waals surface area contributed by atoms with Gasteiger partial charge in [0, 0.05) is 12.5 Å². The number of ether oxygens (including phenoxy) is 2. The molecule has 1 amide bonds. The van der Waals surface area contributed by atoms with Crippen LogP contribution in [0.25, 0.3) is 0 Å². The number of esters is 1. The lowest BCUT2D eigenvalue weighted by atomic mass is 9.81. The van der Waals surface area contributed by atoms with Crippen molar-refractivity contribution in [3.63, 3.8) is 0 Å². The summed E-state index contributed by atoms with van der Waals surface area (Å²) in [5, 5.41) is 2.82. The van der Waals surface area contributed by atoms with Gasteiger partial charge in [-0.25, -0.2) is 4.79 Å². The van der Waals surface area contributed by atoms with Gasteiger partial charge in [-0.3, -0.25) is 4.79 Å². The van der Waals surface area contributed by atoms with Gasteiger partial charge in [0.15, 0.2) is 0 Å². The summed E-state index contributed by atoms with van der Waals surface area (Å²) in [5.41, 5.74) is 3.84. The first kappa shape index (κ1) is 15.8. The molecule has 5 nitrogen and oxygen atoms in total. The van der Waals surface area contributed by atoms with Gasteiger partial charge in [-0.2, -0.15) is 0 Å². The fraction of sp³-hybridized carbons (Fsp3) is 0.556. The number of hydrogen-bond acceptors (Lipinski definition) is 4. The molecule has 124 valence electrons. The largest absolute Gasteiger partial charge is 0.469 e. The molecule has 1 unspecified atom stereocenters. The number of amides is 1. The number of carbonyl (C=O) groups excluding carboxylic acids is 2. The molecule has 1 saturated heterocycles. The predicted molar refractivity (Wildman–Crippen MR) is 85.3 cm³/mol. The Labute approximate surface area is 136 Å². The smallest absolute Gasteiger partial charge is 0.407 e. The highest BCUT2D eigenvalue weighted by Gasteiger charge is 2.26. The molecule has 0 bridgehead atoms. The summed E-state index contributed by atoms with van der Waals surface area (Å²) in [6, 6.07) is 6.52. The van der Waals surface area contributed by atoms with Crippen LogP contribution in [0.15, 0.2) is 18.2 Å². The van der Waals surface area contributed by atoms with E-state index in [0.717, 1.165) is 32.1 Å². The Balaban J connectivity index is 1.73. The number of hydrogen-bond donors (Lipinski definition) is 1. The molecule has 2 aliphatic rings. The monoisotopic (exact) mass is 317 g/mol. The predicted octanol–water partition coefficient (Wildman–Crippen LogP) is 2.57. The molecule has 1 aromatic carbocycles. The molecular formula is C18H23NO4. The standard InChI is InChI=1S/C18H23NO4/c1-22-17(20)15-7-6-12-9-14(5-4-13(12)10-15)16-3-2-8-23-18(21)19-11-16/h4-5,9,15-16H,2-3,6-8,10-11H2,1H3,(H,19,21)/t15?,16-/m0/s1. The van der Waals surface area contributed by atoms with E-state index in [1.54, 1.807) is 0 Å². The molecule has 2 atom stereocenters. The summed E-state index contributed by atoms with van der Waals surface area (Å²) >= 11 is 0. The maximum atomic E-state index is 11.7. The Hall–Kier alpha value is -2.04. The Morgan fingerprint density at radius 3 is 3.00 bits per heavy atom. The van der Waals surface area contributed by atoms with Crippen molar-refractivity contribution in [2.75, 3.05) is 20.3 Å².